The van der Waals surface area contributed by atoms with E-state index in [2.05, 4.69) is 42.3 Å². The number of hydrogen-bond acceptors (Lipinski definition) is 3. The SMILES string of the molecule is CNC(C)c1cc(C)ccc1OCCN1CCCC1. The van der Waals surface area contributed by atoms with E-state index in [1.165, 1.54) is 37.1 Å². The molecule has 1 aromatic carbocycles. The highest BCUT2D eigenvalue weighted by Crippen LogP contribution is 2.26. The van der Waals surface area contributed by atoms with Gasteiger partial charge < -0.3 is 10.1 Å². The fraction of sp³-hybridized carbons (Fsp3) is 0.625. The van der Waals surface area contributed by atoms with Crippen LogP contribution in [0.5, 0.6) is 5.75 Å². The van der Waals surface area contributed by atoms with Crippen molar-refractivity contribution in [3.05, 3.63) is 29.3 Å². The quantitative estimate of drug-likeness (QED) is 0.853. The topological polar surface area (TPSA) is 24.5 Å². The third-order valence-electron chi connectivity index (χ3n) is 3.93. The second-order valence-corrected chi connectivity index (χ2v) is 5.45. The molecule has 1 aliphatic heterocycles. The number of hydrogen-bond donors (Lipinski definition) is 1. The predicted octanol–water partition coefficient (Wildman–Crippen LogP) is 2.75. The average molecular weight is 262 g/mol. The molecular weight excluding hydrogens is 236 g/mol. The average Bonchev–Trinajstić information content (AvgIpc) is 2.92. The molecule has 1 aliphatic rings. The number of nitrogens with one attached hydrogen (secondary N) is 1. The first-order chi connectivity index (χ1) is 9.20. The van der Waals surface area contributed by atoms with Crippen LogP contribution in [0, 0.1) is 6.92 Å². The van der Waals surface area contributed by atoms with E-state index in [0.717, 1.165) is 18.9 Å². The van der Waals surface area contributed by atoms with E-state index in [1.54, 1.807) is 0 Å². The summed E-state index contributed by atoms with van der Waals surface area (Å²) in [5, 5.41) is 3.29. The minimum absolute atomic E-state index is 0.321. The highest BCUT2D eigenvalue weighted by atomic mass is 16.5. The molecule has 3 nitrogen and oxygen atoms in total. The zero-order valence-electron chi connectivity index (χ0n) is 12.4. The Morgan fingerprint density at radius 2 is 2.05 bits per heavy atom. The Kier molecular flexibility index (Phi) is 5.23. The van der Waals surface area contributed by atoms with Crippen LogP contribution >= 0.6 is 0 Å². The van der Waals surface area contributed by atoms with Gasteiger partial charge in [-0.1, -0.05) is 17.7 Å². The normalized spacial score (nSPS) is 17.6. The van der Waals surface area contributed by atoms with Crippen molar-refractivity contribution in [3.8, 4) is 5.75 Å². The molecule has 0 radical (unpaired) electrons. The molecule has 0 aromatic heterocycles. The van der Waals surface area contributed by atoms with Gasteiger partial charge in [-0.2, -0.15) is 0 Å². The second-order valence-electron chi connectivity index (χ2n) is 5.45. The van der Waals surface area contributed by atoms with Crippen molar-refractivity contribution in [3.63, 3.8) is 0 Å². The van der Waals surface area contributed by atoms with E-state index in [0.29, 0.717) is 6.04 Å². The molecule has 2 rings (SSSR count). The molecule has 0 aliphatic carbocycles. The fourth-order valence-electron chi connectivity index (χ4n) is 2.58. The first-order valence-electron chi connectivity index (χ1n) is 7.33. The number of nitrogens with zero attached hydrogens (tertiary/aromatic N) is 1. The summed E-state index contributed by atoms with van der Waals surface area (Å²) >= 11 is 0. The lowest BCUT2D eigenvalue weighted by atomic mass is 10.0. The fourth-order valence-corrected chi connectivity index (χ4v) is 2.58. The Balaban J connectivity index is 1.94. The van der Waals surface area contributed by atoms with E-state index in [-0.39, 0.29) is 0 Å². The Bertz CT molecular complexity index is 400. The summed E-state index contributed by atoms with van der Waals surface area (Å²) in [6.45, 7) is 8.59. The summed E-state index contributed by atoms with van der Waals surface area (Å²) in [4.78, 5) is 2.48. The number of benzene rings is 1. The lowest BCUT2D eigenvalue weighted by Gasteiger charge is -2.19. The number of likely N-dealkylation sites (tertiary alicyclic amines) is 1. The lowest BCUT2D eigenvalue weighted by Crippen LogP contribution is -2.25. The first kappa shape index (κ1) is 14.4. The molecule has 0 bridgehead atoms. The molecule has 1 unspecified atom stereocenters. The highest BCUT2D eigenvalue weighted by Gasteiger charge is 2.13. The van der Waals surface area contributed by atoms with E-state index < -0.39 is 0 Å². The Morgan fingerprint density at radius 1 is 1.32 bits per heavy atom. The zero-order chi connectivity index (χ0) is 13.7. The molecule has 3 heteroatoms. The van der Waals surface area contributed by atoms with Gasteiger partial charge in [0.15, 0.2) is 0 Å². The monoisotopic (exact) mass is 262 g/mol. The number of ether oxygens (including phenoxy) is 1. The Hall–Kier alpha value is -1.06. The minimum atomic E-state index is 0.321. The van der Waals surface area contributed by atoms with Crippen LogP contribution < -0.4 is 10.1 Å². The van der Waals surface area contributed by atoms with Gasteiger partial charge in [0.05, 0.1) is 0 Å². The first-order valence-corrected chi connectivity index (χ1v) is 7.33. The summed E-state index contributed by atoms with van der Waals surface area (Å²) in [6, 6.07) is 6.76. The largest absolute Gasteiger partial charge is 0.492 e. The molecule has 1 heterocycles. The lowest BCUT2D eigenvalue weighted by molar-refractivity contribution is 0.235. The van der Waals surface area contributed by atoms with E-state index in [1.807, 2.05) is 7.05 Å². The van der Waals surface area contributed by atoms with Crippen LogP contribution in [0.25, 0.3) is 0 Å². The van der Waals surface area contributed by atoms with Gasteiger partial charge in [-0.3, -0.25) is 4.90 Å². The minimum Gasteiger partial charge on any atom is -0.492 e. The van der Waals surface area contributed by atoms with E-state index in [9.17, 15) is 0 Å². The molecule has 0 saturated carbocycles. The van der Waals surface area contributed by atoms with Gasteiger partial charge in [0.25, 0.3) is 0 Å². The maximum absolute atomic E-state index is 6.00. The molecule has 1 N–H and O–H groups in total. The Labute approximate surface area is 116 Å². The van der Waals surface area contributed by atoms with Crippen LogP contribution in [0.3, 0.4) is 0 Å². The van der Waals surface area contributed by atoms with Crippen LogP contribution in [-0.2, 0) is 0 Å². The molecule has 0 amide bonds. The molecule has 19 heavy (non-hydrogen) atoms. The van der Waals surface area contributed by atoms with Gasteiger partial charge in [0, 0.05) is 18.2 Å². The van der Waals surface area contributed by atoms with E-state index >= 15 is 0 Å². The smallest absolute Gasteiger partial charge is 0.124 e. The van der Waals surface area contributed by atoms with Gasteiger partial charge in [-0.25, -0.2) is 0 Å². The molecule has 1 saturated heterocycles. The van der Waals surface area contributed by atoms with Crippen LogP contribution in [0.2, 0.25) is 0 Å². The van der Waals surface area contributed by atoms with Gasteiger partial charge in [-0.15, -0.1) is 0 Å². The third kappa shape index (κ3) is 3.95. The molecule has 1 atom stereocenters. The standard InChI is InChI=1S/C16H26N2O/c1-13-6-7-16(15(12-13)14(2)17-3)19-11-10-18-8-4-5-9-18/h6-7,12,14,17H,4-5,8-11H2,1-3H3. The van der Waals surface area contributed by atoms with Crippen LogP contribution in [-0.4, -0.2) is 38.2 Å². The molecular formula is C16H26N2O. The van der Waals surface area contributed by atoms with E-state index in [4.69, 9.17) is 4.74 Å². The van der Waals surface area contributed by atoms with Crippen molar-refractivity contribution in [2.75, 3.05) is 33.3 Å². The molecule has 1 fully saturated rings. The summed E-state index contributed by atoms with van der Waals surface area (Å²) in [6.07, 6.45) is 2.68. The highest BCUT2D eigenvalue weighted by molar-refractivity contribution is 5.38. The van der Waals surface area contributed by atoms with Crippen LogP contribution in [0.1, 0.15) is 36.9 Å². The number of aryl methyl sites for hydroxylation is 1. The van der Waals surface area contributed by atoms with Crippen molar-refractivity contribution in [1.82, 2.24) is 10.2 Å². The zero-order valence-corrected chi connectivity index (χ0v) is 12.4. The molecule has 0 spiro atoms. The maximum atomic E-state index is 6.00. The summed E-state index contributed by atoms with van der Waals surface area (Å²) in [7, 11) is 1.99. The predicted molar refractivity (Wildman–Crippen MR) is 79.8 cm³/mol. The summed E-state index contributed by atoms with van der Waals surface area (Å²) in [5.74, 6) is 1.02. The molecule has 106 valence electrons. The van der Waals surface area contributed by atoms with Crippen molar-refractivity contribution in [2.24, 2.45) is 0 Å². The second kappa shape index (κ2) is 6.92. The van der Waals surface area contributed by atoms with Gasteiger partial charge >= 0.3 is 0 Å². The van der Waals surface area contributed by atoms with Crippen LogP contribution in [0.4, 0.5) is 0 Å². The van der Waals surface area contributed by atoms with Crippen LogP contribution in [0.15, 0.2) is 18.2 Å². The molecule has 1 aromatic rings. The van der Waals surface area contributed by atoms with Gasteiger partial charge in [0.1, 0.15) is 12.4 Å². The van der Waals surface area contributed by atoms with Gasteiger partial charge in [0.2, 0.25) is 0 Å². The number of rotatable bonds is 6. The van der Waals surface area contributed by atoms with Crippen molar-refractivity contribution >= 4 is 0 Å². The third-order valence-corrected chi connectivity index (χ3v) is 3.93. The summed E-state index contributed by atoms with van der Waals surface area (Å²) < 4.78 is 6.00. The van der Waals surface area contributed by atoms with Crippen molar-refractivity contribution in [2.45, 2.75) is 32.7 Å². The maximum Gasteiger partial charge on any atom is 0.124 e. The van der Waals surface area contributed by atoms with Crippen molar-refractivity contribution < 1.29 is 4.74 Å². The van der Waals surface area contributed by atoms with Crippen molar-refractivity contribution in [1.29, 1.82) is 0 Å². The Morgan fingerprint density at radius 3 is 2.74 bits per heavy atom. The van der Waals surface area contributed by atoms with Gasteiger partial charge in [-0.05, 0) is 52.9 Å². The summed E-state index contributed by atoms with van der Waals surface area (Å²) in [5.41, 5.74) is 2.54.